The molecule has 0 atom stereocenters. The Kier molecular flexibility index (Phi) is 5.03. The molecular weight excluding hydrogens is 388 g/mol. The second-order valence-corrected chi connectivity index (χ2v) is 8.09. The molecule has 8 heteroatoms. The summed E-state index contributed by atoms with van der Waals surface area (Å²) < 4.78 is 5.44. The second kappa shape index (κ2) is 7.82. The van der Waals surface area contributed by atoms with Crippen LogP contribution < -0.4 is 9.80 Å². The lowest BCUT2D eigenvalue weighted by molar-refractivity contribution is 0.122. The Morgan fingerprint density at radius 3 is 2.38 bits per heavy atom. The molecule has 7 nitrogen and oxygen atoms in total. The van der Waals surface area contributed by atoms with Gasteiger partial charge in [-0.25, -0.2) is 4.98 Å². The summed E-state index contributed by atoms with van der Waals surface area (Å²) in [6.45, 7) is 7.39. The van der Waals surface area contributed by atoms with Gasteiger partial charge in [0.25, 0.3) is 0 Å². The number of imidazole rings is 1. The largest absolute Gasteiger partial charge is 0.378 e. The molecule has 4 heterocycles. The number of likely N-dealkylation sites (N-methyl/N-ethyl adjacent to an activating group) is 1. The molecule has 0 bridgehead atoms. The molecule has 0 amide bonds. The zero-order valence-electron chi connectivity index (χ0n) is 16.6. The van der Waals surface area contributed by atoms with Crippen LogP contribution in [0, 0.1) is 0 Å². The van der Waals surface area contributed by atoms with Gasteiger partial charge in [-0.1, -0.05) is 23.7 Å². The molecule has 2 fully saturated rings. The molecule has 2 saturated heterocycles. The van der Waals surface area contributed by atoms with E-state index in [9.17, 15) is 0 Å². The van der Waals surface area contributed by atoms with Gasteiger partial charge in [-0.3, -0.25) is 0 Å². The van der Waals surface area contributed by atoms with Crippen molar-refractivity contribution in [3.8, 4) is 11.3 Å². The van der Waals surface area contributed by atoms with Crippen LogP contribution in [0.3, 0.4) is 0 Å². The number of ether oxygens (including phenoxy) is 1. The predicted octanol–water partition coefficient (Wildman–Crippen LogP) is 2.87. The summed E-state index contributed by atoms with van der Waals surface area (Å²) in [6.07, 6.45) is 0. The molecule has 1 aromatic carbocycles. The number of halogens is 1. The lowest BCUT2D eigenvalue weighted by Gasteiger charge is -2.31. The summed E-state index contributed by atoms with van der Waals surface area (Å²) in [5.74, 6) is 0.872. The van der Waals surface area contributed by atoms with Crippen LogP contribution in [0.4, 0.5) is 11.6 Å². The molecule has 0 aliphatic carbocycles. The predicted molar refractivity (Wildman–Crippen MR) is 117 cm³/mol. The Morgan fingerprint density at radius 2 is 1.66 bits per heavy atom. The molecular formula is C21H25ClN6O. The normalized spacial score (nSPS) is 18.6. The van der Waals surface area contributed by atoms with Crippen molar-refractivity contribution < 1.29 is 4.74 Å². The Bertz CT molecular complexity index is 990. The summed E-state index contributed by atoms with van der Waals surface area (Å²) in [5, 5.41) is 0.630. The van der Waals surface area contributed by atoms with Crippen molar-refractivity contribution in [2.75, 3.05) is 69.3 Å². The highest BCUT2D eigenvalue weighted by atomic mass is 35.5. The van der Waals surface area contributed by atoms with E-state index in [1.807, 2.05) is 6.07 Å². The molecule has 5 rings (SSSR count). The van der Waals surface area contributed by atoms with Gasteiger partial charge in [0, 0.05) is 50.5 Å². The van der Waals surface area contributed by atoms with Crippen molar-refractivity contribution >= 4 is 34.4 Å². The molecule has 2 aliphatic heterocycles. The van der Waals surface area contributed by atoms with E-state index in [2.05, 4.69) is 51.0 Å². The van der Waals surface area contributed by atoms with Gasteiger partial charge >= 0.3 is 0 Å². The molecule has 2 aliphatic rings. The number of hydrogen-bond acceptors (Lipinski definition) is 6. The van der Waals surface area contributed by atoms with E-state index in [0.29, 0.717) is 10.7 Å². The summed E-state index contributed by atoms with van der Waals surface area (Å²) in [4.78, 5) is 19.8. The first-order valence-corrected chi connectivity index (χ1v) is 10.5. The maximum Gasteiger partial charge on any atom is 0.205 e. The number of nitrogens with one attached hydrogen (secondary N) is 1. The molecule has 0 saturated carbocycles. The maximum atomic E-state index is 6.58. The van der Waals surface area contributed by atoms with E-state index in [4.69, 9.17) is 26.3 Å². The fourth-order valence-electron chi connectivity index (χ4n) is 3.93. The fraction of sp³-hybridized carbons (Fsp3) is 0.429. The average molecular weight is 413 g/mol. The SMILES string of the molecule is CN1CCN(c2nc3nc(-c4ccc(N5CCOCC5)cc4)c(Cl)cc3[nH]2)CC1. The van der Waals surface area contributed by atoms with Crippen LogP contribution in [0.1, 0.15) is 0 Å². The standard InChI is InChI=1S/C21H25ClN6O/c1-26-6-8-28(9-7-26)21-23-18-14-17(22)19(24-20(18)25-21)15-2-4-16(5-3-15)27-10-12-29-13-11-27/h2-5,14H,6-13H2,1H3,(H,23,24,25). The first-order valence-electron chi connectivity index (χ1n) is 10.1. The number of fused-ring (bicyclic) bond motifs is 1. The minimum absolute atomic E-state index is 0.630. The van der Waals surface area contributed by atoms with E-state index < -0.39 is 0 Å². The van der Waals surface area contributed by atoms with Crippen molar-refractivity contribution in [3.05, 3.63) is 35.4 Å². The van der Waals surface area contributed by atoms with E-state index >= 15 is 0 Å². The molecule has 3 aromatic rings. The van der Waals surface area contributed by atoms with E-state index in [1.54, 1.807) is 0 Å². The lowest BCUT2D eigenvalue weighted by Crippen LogP contribution is -2.44. The first-order chi connectivity index (χ1) is 14.2. The van der Waals surface area contributed by atoms with E-state index in [-0.39, 0.29) is 0 Å². The number of benzene rings is 1. The van der Waals surface area contributed by atoms with Crippen LogP contribution in [0.15, 0.2) is 30.3 Å². The number of aromatic nitrogens is 3. The van der Waals surface area contributed by atoms with Gasteiger partial charge in [-0.15, -0.1) is 0 Å². The number of anilines is 2. The zero-order chi connectivity index (χ0) is 19.8. The third-order valence-electron chi connectivity index (χ3n) is 5.73. The van der Waals surface area contributed by atoms with Crippen molar-refractivity contribution in [2.45, 2.75) is 0 Å². The summed E-state index contributed by atoms with van der Waals surface area (Å²) >= 11 is 6.58. The smallest absolute Gasteiger partial charge is 0.205 e. The van der Waals surface area contributed by atoms with E-state index in [1.165, 1.54) is 5.69 Å². The van der Waals surface area contributed by atoms with Crippen LogP contribution in [0.5, 0.6) is 0 Å². The summed E-state index contributed by atoms with van der Waals surface area (Å²) in [7, 11) is 2.15. The van der Waals surface area contributed by atoms with Crippen LogP contribution in [0.2, 0.25) is 5.02 Å². The Labute approximate surface area is 175 Å². The first kappa shape index (κ1) is 18.7. The number of piperazine rings is 1. The van der Waals surface area contributed by atoms with Gasteiger partial charge < -0.3 is 24.4 Å². The minimum Gasteiger partial charge on any atom is -0.378 e. The Hall–Kier alpha value is -2.35. The van der Waals surface area contributed by atoms with Gasteiger partial charge in [0.05, 0.1) is 29.4 Å². The number of morpholine rings is 1. The van der Waals surface area contributed by atoms with Gasteiger partial charge in [-0.2, -0.15) is 4.98 Å². The van der Waals surface area contributed by atoms with Crippen LogP contribution in [-0.4, -0.2) is 79.4 Å². The third kappa shape index (κ3) is 3.77. The maximum absolute atomic E-state index is 6.58. The van der Waals surface area contributed by atoms with Gasteiger partial charge in [0.2, 0.25) is 5.95 Å². The minimum atomic E-state index is 0.630. The summed E-state index contributed by atoms with van der Waals surface area (Å²) in [6, 6.07) is 10.4. The van der Waals surface area contributed by atoms with Crippen LogP contribution >= 0.6 is 11.6 Å². The highest BCUT2D eigenvalue weighted by molar-refractivity contribution is 6.33. The van der Waals surface area contributed by atoms with Crippen LogP contribution in [0.25, 0.3) is 22.4 Å². The highest BCUT2D eigenvalue weighted by Crippen LogP contribution is 2.31. The topological polar surface area (TPSA) is 60.5 Å². The number of aromatic amines is 1. The Balaban J connectivity index is 1.41. The molecule has 1 N–H and O–H groups in total. The lowest BCUT2D eigenvalue weighted by atomic mass is 10.1. The Morgan fingerprint density at radius 1 is 0.931 bits per heavy atom. The average Bonchev–Trinajstić information content (AvgIpc) is 3.17. The fourth-order valence-corrected chi connectivity index (χ4v) is 4.19. The second-order valence-electron chi connectivity index (χ2n) is 7.69. The summed E-state index contributed by atoms with van der Waals surface area (Å²) in [5.41, 5.74) is 4.54. The molecule has 152 valence electrons. The van der Waals surface area contributed by atoms with Gasteiger partial charge in [0.15, 0.2) is 5.65 Å². The monoisotopic (exact) mass is 412 g/mol. The van der Waals surface area contributed by atoms with Crippen molar-refractivity contribution in [1.29, 1.82) is 0 Å². The molecule has 2 aromatic heterocycles. The number of H-pyrrole nitrogens is 1. The number of pyridine rings is 1. The third-order valence-corrected chi connectivity index (χ3v) is 6.02. The molecule has 0 spiro atoms. The van der Waals surface area contributed by atoms with Crippen molar-refractivity contribution in [1.82, 2.24) is 19.9 Å². The van der Waals surface area contributed by atoms with Crippen molar-refractivity contribution in [3.63, 3.8) is 0 Å². The highest BCUT2D eigenvalue weighted by Gasteiger charge is 2.19. The molecule has 29 heavy (non-hydrogen) atoms. The molecule has 0 radical (unpaired) electrons. The van der Waals surface area contributed by atoms with Gasteiger partial charge in [0.1, 0.15) is 0 Å². The van der Waals surface area contributed by atoms with Crippen molar-refractivity contribution in [2.24, 2.45) is 0 Å². The van der Waals surface area contributed by atoms with Gasteiger partial charge in [-0.05, 0) is 25.2 Å². The number of hydrogen-bond donors (Lipinski definition) is 1. The zero-order valence-corrected chi connectivity index (χ0v) is 17.3. The van der Waals surface area contributed by atoms with Crippen LogP contribution in [-0.2, 0) is 4.74 Å². The molecule has 0 unspecified atom stereocenters. The quantitative estimate of drug-likeness (QED) is 0.713. The number of rotatable bonds is 3. The van der Waals surface area contributed by atoms with E-state index in [0.717, 1.165) is 75.2 Å². The number of nitrogens with zero attached hydrogens (tertiary/aromatic N) is 5.